The van der Waals surface area contributed by atoms with E-state index in [1.807, 2.05) is 18.2 Å². The molecule has 3 aromatic rings. The Balaban J connectivity index is 1.65. The quantitative estimate of drug-likeness (QED) is 0.603. The summed E-state index contributed by atoms with van der Waals surface area (Å²) in [5.41, 5.74) is 4.02. The smallest absolute Gasteiger partial charge is 0.208 e. The number of imidazole rings is 1. The second-order valence-electron chi connectivity index (χ2n) is 6.56. The van der Waals surface area contributed by atoms with Crippen LogP contribution in [0.3, 0.4) is 0 Å². The average molecular weight is 360 g/mol. The Hall–Kier alpha value is -1.99. The molecular weight excluding hydrogens is 336 g/mol. The molecule has 2 aromatic heterocycles. The minimum absolute atomic E-state index is 0.315. The van der Waals surface area contributed by atoms with Crippen molar-refractivity contribution >= 4 is 32.0 Å². The SMILES string of the molecule is CC(CCCCCNS(C)(=O)=O)c1nc2ccccc2c2nc[nH]c12. The summed E-state index contributed by atoms with van der Waals surface area (Å²) in [6.07, 6.45) is 6.81. The van der Waals surface area contributed by atoms with Gasteiger partial charge in [-0.3, -0.25) is 4.98 Å². The van der Waals surface area contributed by atoms with Gasteiger partial charge in [-0.15, -0.1) is 0 Å². The molecule has 0 bridgehead atoms. The van der Waals surface area contributed by atoms with Crippen LogP contribution in [0.2, 0.25) is 0 Å². The highest BCUT2D eigenvalue weighted by molar-refractivity contribution is 7.88. The summed E-state index contributed by atoms with van der Waals surface area (Å²) in [6.45, 7) is 2.69. The van der Waals surface area contributed by atoms with Crippen molar-refractivity contribution in [3.8, 4) is 0 Å². The molecule has 1 atom stereocenters. The van der Waals surface area contributed by atoms with Crippen molar-refractivity contribution in [2.45, 2.75) is 38.5 Å². The molecule has 0 spiro atoms. The van der Waals surface area contributed by atoms with Crippen LogP contribution < -0.4 is 4.72 Å². The molecule has 0 saturated carbocycles. The first-order valence-electron chi connectivity index (χ1n) is 8.62. The van der Waals surface area contributed by atoms with E-state index in [0.717, 1.165) is 53.3 Å². The Morgan fingerprint density at radius 1 is 1.20 bits per heavy atom. The number of nitrogens with one attached hydrogen (secondary N) is 2. The van der Waals surface area contributed by atoms with Crippen LogP contribution in [0, 0.1) is 0 Å². The van der Waals surface area contributed by atoms with Crippen LogP contribution in [-0.4, -0.2) is 36.2 Å². The van der Waals surface area contributed by atoms with E-state index in [9.17, 15) is 8.42 Å². The van der Waals surface area contributed by atoms with Gasteiger partial charge < -0.3 is 4.98 Å². The molecule has 0 fully saturated rings. The monoisotopic (exact) mass is 360 g/mol. The third kappa shape index (κ3) is 4.35. The molecule has 7 heteroatoms. The number of H-pyrrole nitrogens is 1. The van der Waals surface area contributed by atoms with E-state index in [2.05, 4.69) is 27.7 Å². The number of para-hydroxylation sites is 1. The third-order valence-corrected chi connectivity index (χ3v) is 5.17. The molecule has 0 aliphatic heterocycles. The molecule has 134 valence electrons. The molecule has 0 radical (unpaired) electrons. The predicted molar refractivity (Wildman–Crippen MR) is 101 cm³/mol. The summed E-state index contributed by atoms with van der Waals surface area (Å²) in [7, 11) is -3.08. The summed E-state index contributed by atoms with van der Waals surface area (Å²) in [6, 6.07) is 8.08. The number of hydrogen-bond acceptors (Lipinski definition) is 4. The van der Waals surface area contributed by atoms with Crippen LogP contribution in [0.25, 0.3) is 21.9 Å². The van der Waals surface area contributed by atoms with Crippen molar-refractivity contribution < 1.29 is 8.42 Å². The number of fused-ring (bicyclic) bond motifs is 3. The van der Waals surface area contributed by atoms with E-state index in [1.165, 1.54) is 6.26 Å². The zero-order valence-corrected chi connectivity index (χ0v) is 15.4. The van der Waals surface area contributed by atoms with Crippen LogP contribution in [0.15, 0.2) is 30.6 Å². The summed E-state index contributed by atoms with van der Waals surface area (Å²) in [5, 5.41) is 1.07. The summed E-state index contributed by atoms with van der Waals surface area (Å²) >= 11 is 0. The van der Waals surface area contributed by atoms with Gasteiger partial charge in [-0.2, -0.15) is 0 Å². The molecule has 3 rings (SSSR count). The molecule has 1 unspecified atom stereocenters. The first-order valence-corrected chi connectivity index (χ1v) is 10.5. The van der Waals surface area contributed by atoms with Gasteiger partial charge >= 0.3 is 0 Å². The predicted octanol–water partition coefficient (Wildman–Crippen LogP) is 3.32. The Bertz CT molecular complexity index is 966. The van der Waals surface area contributed by atoms with Crippen molar-refractivity contribution in [1.82, 2.24) is 19.7 Å². The summed E-state index contributed by atoms with van der Waals surface area (Å²) in [5.74, 6) is 0.315. The Morgan fingerprint density at radius 3 is 2.80 bits per heavy atom. The van der Waals surface area contributed by atoms with Crippen molar-refractivity contribution in [2.24, 2.45) is 0 Å². The fourth-order valence-electron chi connectivity index (χ4n) is 3.15. The van der Waals surface area contributed by atoms with Gasteiger partial charge in [0.05, 0.1) is 34.8 Å². The molecular formula is C18H24N4O2S. The van der Waals surface area contributed by atoms with E-state index in [-0.39, 0.29) is 0 Å². The maximum Gasteiger partial charge on any atom is 0.208 e. The largest absolute Gasteiger partial charge is 0.343 e. The molecule has 0 aliphatic rings. The van der Waals surface area contributed by atoms with E-state index in [1.54, 1.807) is 6.33 Å². The van der Waals surface area contributed by atoms with Crippen LogP contribution in [-0.2, 0) is 10.0 Å². The van der Waals surface area contributed by atoms with Gasteiger partial charge in [0.2, 0.25) is 10.0 Å². The average Bonchev–Trinajstić information content (AvgIpc) is 3.06. The van der Waals surface area contributed by atoms with Gasteiger partial charge in [0, 0.05) is 17.8 Å². The van der Waals surface area contributed by atoms with Gasteiger partial charge in [0.15, 0.2) is 0 Å². The van der Waals surface area contributed by atoms with Crippen molar-refractivity contribution in [3.05, 3.63) is 36.3 Å². The maximum atomic E-state index is 11.0. The van der Waals surface area contributed by atoms with Crippen molar-refractivity contribution in [3.63, 3.8) is 0 Å². The highest BCUT2D eigenvalue weighted by atomic mass is 32.2. The van der Waals surface area contributed by atoms with E-state index in [4.69, 9.17) is 4.98 Å². The third-order valence-electron chi connectivity index (χ3n) is 4.44. The maximum absolute atomic E-state index is 11.0. The Morgan fingerprint density at radius 2 is 2.00 bits per heavy atom. The number of pyridine rings is 1. The Kier molecular flexibility index (Phi) is 5.34. The fourth-order valence-corrected chi connectivity index (χ4v) is 3.67. The second-order valence-corrected chi connectivity index (χ2v) is 8.39. The van der Waals surface area contributed by atoms with Crippen LogP contribution >= 0.6 is 0 Å². The van der Waals surface area contributed by atoms with Gasteiger partial charge in [0.1, 0.15) is 0 Å². The van der Waals surface area contributed by atoms with Crippen molar-refractivity contribution in [2.75, 3.05) is 12.8 Å². The molecule has 2 heterocycles. The first kappa shape index (κ1) is 17.8. The number of benzene rings is 1. The normalized spacial score (nSPS) is 13.5. The minimum atomic E-state index is -3.08. The summed E-state index contributed by atoms with van der Waals surface area (Å²) in [4.78, 5) is 12.6. The highest BCUT2D eigenvalue weighted by Crippen LogP contribution is 2.30. The van der Waals surface area contributed by atoms with E-state index in [0.29, 0.717) is 12.5 Å². The highest BCUT2D eigenvalue weighted by Gasteiger charge is 2.15. The molecule has 25 heavy (non-hydrogen) atoms. The molecule has 2 N–H and O–H groups in total. The van der Waals surface area contributed by atoms with Gasteiger partial charge in [-0.05, 0) is 18.9 Å². The van der Waals surface area contributed by atoms with Crippen LogP contribution in [0.5, 0.6) is 0 Å². The van der Waals surface area contributed by atoms with Crippen LogP contribution in [0.4, 0.5) is 0 Å². The molecule has 1 aromatic carbocycles. The standard InChI is InChI=1S/C18H24N4O2S/c1-13(8-4-3-7-11-21-25(2,23)24)16-18-17(19-12-20-18)14-9-5-6-10-15(14)22-16/h5-6,9-10,12-13,21H,3-4,7-8,11H2,1-2H3,(H,19,20). The number of aromatic amines is 1. The lowest BCUT2D eigenvalue weighted by Crippen LogP contribution is -2.22. The molecule has 0 amide bonds. The number of rotatable bonds is 8. The van der Waals surface area contributed by atoms with Crippen molar-refractivity contribution in [1.29, 1.82) is 0 Å². The lowest BCUT2D eigenvalue weighted by Gasteiger charge is -2.13. The molecule has 0 aliphatic carbocycles. The van der Waals surface area contributed by atoms with Gasteiger partial charge in [-0.25, -0.2) is 18.1 Å². The first-order chi connectivity index (χ1) is 12.0. The lowest BCUT2D eigenvalue weighted by atomic mass is 9.97. The van der Waals surface area contributed by atoms with Crippen LogP contribution in [0.1, 0.15) is 44.2 Å². The van der Waals surface area contributed by atoms with Gasteiger partial charge in [0.25, 0.3) is 0 Å². The number of aromatic nitrogens is 3. The zero-order valence-electron chi connectivity index (χ0n) is 14.6. The minimum Gasteiger partial charge on any atom is -0.343 e. The van der Waals surface area contributed by atoms with E-state index >= 15 is 0 Å². The number of nitrogens with zero attached hydrogens (tertiary/aromatic N) is 2. The van der Waals surface area contributed by atoms with Gasteiger partial charge in [-0.1, -0.05) is 38.0 Å². The Labute approximate surface area is 148 Å². The zero-order chi connectivity index (χ0) is 17.9. The number of unbranched alkanes of at least 4 members (excludes halogenated alkanes) is 2. The summed E-state index contributed by atoms with van der Waals surface area (Å²) < 4.78 is 24.6. The molecule has 6 nitrogen and oxygen atoms in total. The fraction of sp³-hybridized carbons (Fsp3) is 0.444. The topological polar surface area (TPSA) is 87.7 Å². The second kappa shape index (κ2) is 7.49. The lowest BCUT2D eigenvalue weighted by molar-refractivity contribution is 0.562. The number of sulfonamides is 1. The number of hydrogen-bond donors (Lipinski definition) is 2. The van der Waals surface area contributed by atoms with E-state index < -0.39 is 10.0 Å². The molecule has 0 saturated heterocycles.